The van der Waals surface area contributed by atoms with Gasteiger partial charge >= 0.3 is 0 Å². The van der Waals surface area contributed by atoms with Crippen LogP contribution in [-0.2, 0) is 0 Å². The molecule has 17 rings (SSSR count). The van der Waals surface area contributed by atoms with Crippen molar-refractivity contribution in [2.75, 3.05) is 20.0 Å². The summed E-state index contributed by atoms with van der Waals surface area (Å²) in [4.78, 5) is 9.61. The molecule has 0 amide bonds. The van der Waals surface area contributed by atoms with Crippen LogP contribution >= 0.6 is 11.8 Å². The zero-order valence-corrected chi connectivity index (χ0v) is 48.0. The number of para-hydroxylation sites is 8. The number of ether oxygens (including phenoxy) is 1. The largest absolute Gasteiger partial charge is 0.458 e. The van der Waals surface area contributed by atoms with Crippen LogP contribution in [-0.4, -0.2) is 6.71 Å². The Morgan fingerprint density at radius 1 is 0.391 bits per heavy atom. The molecule has 0 saturated heterocycles. The maximum atomic E-state index is 7.14. The Labute approximate surface area is 509 Å². The van der Waals surface area contributed by atoms with Crippen LogP contribution in [0.2, 0.25) is 0 Å². The zero-order valence-electron chi connectivity index (χ0n) is 47.2. The Bertz CT molecular complexity index is 4850. The van der Waals surface area contributed by atoms with E-state index in [-0.39, 0.29) is 12.6 Å². The summed E-state index contributed by atoms with van der Waals surface area (Å²) >= 11 is 1.84. The summed E-state index contributed by atoms with van der Waals surface area (Å²) in [5.74, 6) is 1.48. The van der Waals surface area contributed by atoms with Gasteiger partial charge in [-0.1, -0.05) is 205 Å². The van der Waals surface area contributed by atoms with Crippen LogP contribution in [0.1, 0.15) is 22.6 Å². The zero-order chi connectivity index (χ0) is 57.4. The predicted molar refractivity (Wildman–Crippen MR) is 362 cm³/mol. The fraction of sp³-hybridized carbons (Fsp3) is 0.0127. The molecular weight excluding hydrogens is 1080 g/mol. The lowest BCUT2D eigenvalue weighted by Crippen LogP contribution is -2.58. The van der Waals surface area contributed by atoms with Crippen LogP contribution in [0.5, 0.6) is 11.5 Å². The highest BCUT2D eigenvalue weighted by Crippen LogP contribution is 2.58. The molecule has 410 valence electrons. The molecule has 6 nitrogen and oxygen atoms in total. The van der Waals surface area contributed by atoms with Gasteiger partial charge in [0.15, 0.2) is 0 Å². The molecule has 14 aromatic rings. The molecule has 1 N–H and O–H groups in total. The molecule has 3 aliphatic heterocycles. The molecule has 0 saturated carbocycles. The molecule has 1 unspecified atom stereocenters. The van der Waals surface area contributed by atoms with E-state index in [9.17, 15) is 0 Å². The maximum Gasteiger partial charge on any atom is 0.253 e. The molecule has 3 aliphatic rings. The third kappa shape index (κ3) is 8.59. The molecule has 1 aromatic heterocycles. The van der Waals surface area contributed by atoms with E-state index in [1.165, 1.54) is 32.5 Å². The first-order valence-electron chi connectivity index (χ1n) is 29.6. The monoisotopic (exact) mass is 1130 g/mol. The summed E-state index contributed by atoms with van der Waals surface area (Å²) in [5.41, 5.74) is 22.4. The number of benzene rings is 13. The van der Waals surface area contributed by atoms with Crippen molar-refractivity contribution in [3.05, 3.63) is 326 Å². The van der Waals surface area contributed by atoms with Crippen molar-refractivity contribution in [2.45, 2.75) is 15.7 Å². The number of nitrogens with one attached hydrogen (secondary N) is 1. The van der Waals surface area contributed by atoms with E-state index < -0.39 is 0 Å². The second-order valence-electron chi connectivity index (χ2n) is 22.4. The van der Waals surface area contributed by atoms with Gasteiger partial charge in [-0.05, 0) is 148 Å². The topological polar surface area (TPSA) is 44.1 Å². The van der Waals surface area contributed by atoms with Crippen LogP contribution < -0.4 is 41.1 Å². The van der Waals surface area contributed by atoms with Gasteiger partial charge in [-0.3, -0.25) is 0 Å². The van der Waals surface area contributed by atoms with Crippen LogP contribution in [0, 0.1) is 0 Å². The first kappa shape index (κ1) is 50.6. The first-order chi connectivity index (χ1) is 43.2. The SMILES string of the molecule is c1ccc(Nc2ccccc2C2c3ccc(N(c4ccccc4)c4ccccc4)cc3N(c3ccc4c(oc5ccccc54)c3-c3ccccc3)c3cc4c(cc32)B2c3ccccc3Oc3cc(N(c5ccccc5)c5ccccc5)cc(c32)S4)cc1. The van der Waals surface area contributed by atoms with Gasteiger partial charge < -0.3 is 29.2 Å². The number of hydrogen-bond donors (Lipinski definition) is 1. The molecule has 8 heteroatoms. The van der Waals surface area contributed by atoms with Crippen molar-refractivity contribution < 1.29 is 9.15 Å². The van der Waals surface area contributed by atoms with Crippen LogP contribution in [0.15, 0.2) is 324 Å². The number of furan rings is 1. The van der Waals surface area contributed by atoms with Crippen LogP contribution in [0.3, 0.4) is 0 Å². The smallest absolute Gasteiger partial charge is 0.253 e. The predicted octanol–water partition coefficient (Wildman–Crippen LogP) is 20.0. The quantitative estimate of drug-likeness (QED) is 0.129. The summed E-state index contributed by atoms with van der Waals surface area (Å²) in [7, 11) is 0. The third-order valence-electron chi connectivity index (χ3n) is 17.4. The summed E-state index contributed by atoms with van der Waals surface area (Å²) in [5, 5.41) is 6.07. The fourth-order valence-electron chi connectivity index (χ4n) is 13.6. The van der Waals surface area contributed by atoms with E-state index in [0.717, 1.165) is 117 Å². The average Bonchev–Trinajstić information content (AvgIpc) is 1.81. The Balaban J connectivity index is 0.968. The average molecular weight is 1130 g/mol. The standard InChI is InChI=1S/C79H53BN4O2S/c1-7-25-52(26-8-1)76-68(46-45-61-60-37-20-23-41-71(60)86-79(61)76)84-69-47-58(82(54-29-11-3-12-30-54)55-31-13-4-14-32-55)43-44-63(69)77(62-38-19-22-40-67(62)81-53-27-9-2-10-28-53)64-50-66-74(51-70(64)84)87-75-49-59(48-73-78(75)80(66)65-39-21-24-42-72(65)85-73)83(56-33-15-5-16-34-56)57-35-17-6-18-36-57/h1-51,77,81H. The molecule has 0 radical (unpaired) electrons. The molecule has 0 fully saturated rings. The third-order valence-corrected chi connectivity index (χ3v) is 18.5. The lowest BCUT2D eigenvalue weighted by molar-refractivity contribution is 0.486. The summed E-state index contributed by atoms with van der Waals surface area (Å²) < 4.78 is 14.3. The summed E-state index contributed by atoms with van der Waals surface area (Å²) in [6, 6.07) is 112. The van der Waals surface area contributed by atoms with Crippen LogP contribution in [0.4, 0.5) is 62.6 Å². The lowest BCUT2D eigenvalue weighted by atomic mass is 9.35. The highest BCUT2D eigenvalue weighted by atomic mass is 32.2. The summed E-state index contributed by atoms with van der Waals surface area (Å²) in [6.45, 7) is -0.134. The second-order valence-corrected chi connectivity index (χ2v) is 23.5. The molecule has 13 aromatic carbocycles. The first-order valence-corrected chi connectivity index (χ1v) is 30.4. The van der Waals surface area contributed by atoms with Gasteiger partial charge in [-0.15, -0.1) is 0 Å². The van der Waals surface area contributed by atoms with E-state index in [1.807, 2.05) is 11.8 Å². The number of hydrogen-bond acceptors (Lipinski definition) is 7. The van der Waals surface area contributed by atoms with Gasteiger partial charge in [-0.25, -0.2) is 0 Å². The van der Waals surface area contributed by atoms with Crippen molar-refractivity contribution in [2.24, 2.45) is 0 Å². The summed E-state index contributed by atoms with van der Waals surface area (Å²) in [6.07, 6.45) is 0. The van der Waals surface area contributed by atoms with Crippen molar-refractivity contribution >= 4 is 119 Å². The minimum atomic E-state index is -0.247. The Morgan fingerprint density at radius 3 is 1.68 bits per heavy atom. The number of anilines is 11. The van der Waals surface area contributed by atoms with Crippen LogP contribution in [0.25, 0.3) is 33.1 Å². The number of rotatable bonds is 11. The van der Waals surface area contributed by atoms with E-state index >= 15 is 0 Å². The van der Waals surface area contributed by atoms with Crippen molar-refractivity contribution in [1.82, 2.24) is 0 Å². The van der Waals surface area contributed by atoms with E-state index in [1.54, 1.807) is 0 Å². The van der Waals surface area contributed by atoms with Crippen molar-refractivity contribution in [3.63, 3.8) is 0 Å². The fourth-order valence-corrected chi connectivity index (χ4v) is 14.8. The van der Waals surface area contributed by atoms with E-state index in [2.05, 4.69) is 329 Å². The molecule has 0 bridgehead atoms. The number of fused-ring (bicyclic) bond motifs is 9. The number of nitrogens with zero attached hydrogens (tertiary/aromatic N) is 3. The second kappa shape index (κ2) is 21.0. The Hall–Kier alpha value is -10.9. The van der Waals surface area contributed by atoms with Gasteiger partial charge in [0.25, 0.3) is 6.71 Å². The van der Waals surface area contributed by atoms with Gasteiger partial charge in [0.05, 0.1) is 22.7 Å². The van der Waals surface area contributed by atoms with Crippen molar-refractivity contribution in [3.8, 4) is 22.6 Å². The van der Waals surface area contributed by atoms with E-state index in [4.69, 9.17) is 9.15 Å². The van der Waals surface area contributed by atoms with Gasteiger partial charge in [0.2, 0.25) is 0 Å². The minimum absolute atomic E-state index is 0.134. The molecule has 0 aliphatic carbocycles. The van der Waals surface area contributed by atoms with E-state index in [0.29, 0.717) is 0 Å². The highest BCUT2D eigenvalue weighted by molar-refractivity contribution is 8.00. The molecule has 4 heterocycles. The highest BCUT2D eigenvalue weighted by Gasteiger charge is 2.44. The maximum absolute atomic E-state index is 7.14. The van der Waals surface area contributed by atoms with Gasteiger partial charge in [-0.2, -0.15) is 0 Å². The molecule has 0 spiro atoms. The van der Waals surface area contributed by atoms with Gasteiger partial charge in [0, 0.05) is 77.9 Å². The normalized spacial score (nSPS) is 13.4. The Morgan fingerprint density at radius 2 is 0.977 bits per heavy atom. The Kier molecular flexibility index (Phi) is 12.2. The van der Waals surface area contributed by atoms with Gasteiger partial charge in [0.1, 0.15) is 22.7 Å². The minimum Gasteiger partial charge on any atom is -0.458 e. The lowest BCUT2D eigenvalue weighted by Gasteiger charge is -2.42. The molecule has 1 atom stereocenters. The van der Waals surface area contributed by atoms with Crippen molar-refractivity contribution in [1.29, 1.82) is 0 Å². The molecule has 87 heavy (non-hydrogen) atoms. The molecular formula is C79H53BN4O2S.